The monoisotopic (exact) mass is 181 g/mol. The van der Waals surface area contributed by atoms with E-state index < -0.39 is 0 Å². The molecule has 2 aliphatic carbocycles. The lowest BCUT2D eigenvalue weighted by Gasteiger charge is -2.34. The molecule has 0 bridgehead atoms. The maximum atomic E-state index is 3.79. The zero-order chi connectivity index (χ0) is 9.64. The van der Waals surface area contributed by atoms with Gasteiger partial charge in [-0.3, -0.25) is 0 Å². The molecule has 76 valence electrons. The van der Waals surface area contributed by atoms with Crippen molar-refractivity contribution in [1.82, 2.24) is 5.32 Å². The van der Waals surface area contributed by atoms with Crippen LogP contribution in [0.5, 0.6) is 0 Å². The van der Waals surface area contributed by atoms with Gasteiger partial charge < -0.3 is 5.32 Å². The Morgan fingerprint density at radius 2 is 1.92 bits per heavy atom. The van der Waals surface area contributed by atoms with Crippen LogP contribution in [0.3, 0.4) is 0 Å². The number of rotatable bonds is 3. The maximum absolute atomic E-state index is 3.79. The molecule has 2 rings (SSSR count). The summed E-state index contributed by atoms with van der Waals surface area (Å²) in [6.07, 6.45) is 4.21. The van der Waals surface area contributed by atoms with E-state index in [9.17, 15) is 0 Å². The van der Waals surface area contributed by atoms with Crippen LogP contribution in [0.15, 0.2) is 0 Å². The van der Waals surface area contributed by atoms with E-state index in [1.807, 2.05) is 0 Å². The van der Waals surface area contributed by atoms with Gasteiger partial charge in [-0.1, -0.05) is 27.7 Å². The smallest absolute Gasteiger partial charge is 0.0132 e. The largest absolute Gasteiger partial charge is 0.311 e. The molecule has 2 unspecified atom stereocenters. The molecule has 0 aliphatic heterocycles. The lowest BCUT2D eigenvalue weighted by atomic mass is 9.81. The molecule has 2 saturated carbocycles. The van der Waals surface area contributed by atoms with Gasteiger partial charge in [0.05, 0.1) is 0 Å². The predicted molar refractivity (Wildman–Crippen MR) is 56.7 cm³/mol. The van der Waals surface area contributed by atoms with Crippen LogP contribution in [-0.2, 0) is 0 Å². The fraction of sp³-hybridized carbons (Fsp3) is 1.00. The van der Waals surface area contributed by atoms with E-state index in [0.717, 1.165) is 23.9 Å². The summed E-state index contributed by atoms with van der Waals surface area (Å²) >= 11 is 0. The van der Waals surface area contributed by atoms with Crippen LogP contribution in [0, 0.1) is 17.3 Å². The molecule has 2 fully saturated rings. The van der Waals surface area contributed by atoms with Crippen molar-refractivity contribution in [1.29, 1.82) is 0 Å². The van der Waals surface area contributed by atoms with Crippen molar-refractivity contribution in [2.45, 2.75) is 59.0 Å². The molecule has 0 aromatic heterocycles. The Morgan fingerprint density at radius 1 is 1.31 bits per heavy atom. The number of hydrogen-bond acceptors (Lipinski definition) is 1. The average molecular weight is 181 g/mol. The lowest BCUT2D eigenvalue weighted by molar-refractivity contribution is 0.224. The third-order valence-corrected chi connectivity index (χ3v) is 4.41. The van der Waals surface area contributed by atoms with Gasteiger partial charge in [0.2, 0.25) is 0 Å². The Kier molecular flexibility index (Phi) is 2.18. The Labute approximate surface area is 82.3 Å². The fourth-order valence-electron chi connectivity index (χ4n) is 2.59. The first-order chi connectivity index (χ1) is 6.02. The van der Waals surface area contributed by atoms with Crippen molar-refractivity contribution in [3.63, 3.8) is 0 Å². The Balaban J connectivity index is 1.74. The van der Waals surface area contributed by atoms with Crippen LogP contribution >= 0.6 is 0 Å². The van der Waals surface area contributed by atoms with Gasteiger partial charge in [0.25, 0.3) is 0 Å². The summed E-state index contributed by atoms with van der Waals surface area (Å²) in [7, 11) is 0. The summed E-state index contributed by atoms with van der Waals surface area (Å²) in [6, 6.07) is 1.67. The summed E-state index contributed by atoms with van der Waals surface area (Å²) in [5.41, 5.74) is 0.610. The average Bonchev–Trinajstić information content (AvgIpc) is 2.60. The predicted octanol–water partition coefficient (Wildman–Crippen LogP) is 2.81. The first kappa shape index (κ1) is 9.51. The highest BCUT2D eigenvalue weighted by Crippen LogP contribution is 2.52. The third kappa shape index (κ3) is 1.63. The molecular weight excluding hydrogens is 158 g/mol. The zero-order valence-corrected chi connectivity index (χ0v) is 9.43. The Morgan fingerprint density at radius 3 is 2.31 bits per heavy atom. The fourth-order valence-corrected chi connectivity index (χ4v) is 2.59. The van der Waals surface area contributed by atoms with E-state index in [4.69, 9.17) is 0 Å². The normalized spacial score (nSPS) is 49.2. The second kappa shape index (κ2) is 2.98. The van der Waals surface area contributed by atoms with E-state index in [-0.39, 0.29) is 0 Å². The second-order valence-electron chi connectivity index (χ2n) is 5.86. The molecule has 1 N–H and O–H groups in total. The molecule has 0 saturated heterocycles. The van der Waals surface area contributed by atoms with Gasteiger partial charge >= 0.3 is 0 Å². The molecule has 2 atom stereocenters. The SMILES string of the molecule is CC1CC(NC2CC2(C)C(C)C)C1. The summed E-state index contributed by atoms with van der Waals surface area (Å²) in [5.74, 6) is 1.81. The molecular formula is C12H23N. The van der Waals surface area contributed by atoms with Crippen molar-refractivity contribution in [2.75, 3.05) is 0 Å². The van der Waals surface area contributed by atoms with Gasteiger partial charge in [-0.05, 0) is 36.5 Å². The van der Waals surface area contributed by atoms with Crippen molar-refractivity contribution in [3.8, 4) is 0 Å². The first-order valence-corrected chi connectivity index (χ1v) is 5.78. The molecule has 0 amide bonds. The van der Waals surface area contributed by atoms with Crippen LogP contribution in [0.1, 0.15) is 47.0 Å². The third-order valence-electron chi connectivity index (χ3n) is 4.41. The van der Waals surface area contributed by atoms with Gasteiger partial charge in [0.1, 0.15) is 0 Å². The maximum Gasteiger partial charge on any atom is 0.0132 e. The molecule has 0 heterocycles. The molecule has 13 heavy (non-hydrogen) atoms. The van der Waals surface area contributed by atoms with Gasteiger partial charge in [-0.25, -0.2) is 0 Å². The highest BCUT2D eigenvalue weighted by Gasteiger charge is 2.52. The Bertz CT molecular complexity index is 193. The van der Waals surface area contributed by atoms with Gasteiger partial charge in [-0.15, -0.1) is 0 Å². The highest BCUT2D eigenvalue weighted by atomic mass is 15.0. The Hall–Kier alpha value is -0.0400. The van der Waals surface area contributed by atoms with Crippen LogP contribution in [0.4, 0.5) is 0 Å². The van der Waals surface area contributed by atoms with Crippen LogP contribution in [0.25, 0.3) is 0 Å². The molecule has 0 aromatic carbocycles. The van der Waals surface area contributed by atoms with E-state index in [2.05, 4.69) is 33.0 Å². The number of hydrogen-bond donors (Lipinski definition) is 1. The highest BCUT2D eigenvalue weighted by molar-refractivity contribution is 5.08. The standard InChI is InChI=1S/C12H23N/c1-8(2)12(4)7-11(12)13-10-5-9(3)6-10/h8-11,13H,5-7H2,1-4H3. The zero-order valence-electron chi connectivity index (χ0n) is 9.43. The lowest BCUT2D eigenvalue weighted by Crippen LogP contribution is -2.43. The minimum absolute atomic E-state index is 0.610. The summed E-state index contributed by atoms with van der Waals surface area (Å²) in [5, 5.41) is 3.79. The minimum Gasteiger partial charge on any atom is -0.311 e. The van der Waals surface area contributed by atoms with Gasteiger partial charge in [0.15, 0.2) is 0 Å². The van der Waals surface area contributed by atoms with Crippen LogP contribution in [-0.4, -0.2) is 12.1 Å². The molecule has 2 aliphatic rings. The van der Waals surface area contributed by atoms with Crippen LogP contribution in [0.2, 0.25) is 0 Å². The molecule has 1 nitrogen and oxygen atoms in total. The molecule has 0 spiro atoms. The van der Waals surface area contributed by atoms with Crippen molar-refractivity contribution in [2.24, 2.45) is 17.3 Å². The molecule has 0 aromatic rings. The topological polar surface area (TPSA) is 12.0 Å². The van der Waals surface area contributed by atoms with Gasteiger partial charge in [-0.2, -0.15) is 0 Å². The minimum atomic E-state index is 0.610. The molecule has 1 heteroatoms. The summed E-state index contributed by atoms with van der Waals surface area (Å²) in [6.45, 7) is 9.49. The van der Waals surface area contributed by atoms with E-state index >= 15 is 0 Å². The quantitative estimate of drug-likeness (QED) is 0.706. The first-order valence-electron chi connectivity index (χ1n) is 5.78. The number of nitrogens with one attached hydrogen (secondary N) is 1. The van der Waals surface area contributed by atoms with Crippen molar-refractivity contribution < 1.29 is 0 Å². The van der Waals surface area contributed by atoms with Crippen molar-refractivity contribution >= 4 is 0 Å². The summed E-state index contributed by atoms with van der Waals surface area (Å²) < 4.78 is 0. The van der Waals surface area contributed by atoms with E-state index in [0.29, 0.717) is 5.41 Å². The summed E-state index contributed by atoms with van der Waals surface area (Å²) in [4.78, 5) is 0. The van der Waals surface area contributed by atoms with Gasteiger partial charge in [0, 0.05) is 12.1 Å². The van der Waals surface area contributed by atoms with E-state index in [1.165, 1.54) is 19.3 Å². The second-order valence-corrected chi connectivity index (χ2v) is 5.86. The van der Waals surface area contributed by atoms with Crippen LogP contribution < -0.4 is 5.32 Å². The van der Waals surface area contributed by atoms with Crippen molar-refractivity contribution in [3.05, 3.63) is 0 Å². The molecule has 0 radical (unpaired) electrons. The van der Waals surface area contributed by atoms with E-state index in [1.54, 1.807) is 0 Å².